The Morgan fingerprint density at radius 3 is 2.65 bits per heavy atom. The van der Waals surface area contributed by atoms with E-state index in [1.54, 1.807) is 7.11 Å². The minimum absolute atomic E-state index is 0.0487. The van der Waals surface area contributed by atoms with Crippen LogP contribution in [0.25, 0.3) is 0 Å². The van der Waals surface area contributed by atoms with Gasteiger partial charge >= 0.3 is 6.03 Å². The largest absolute Gasteiger partial charge is 0.496 e. The van der Waals surface area contributed by atoms with Gasteiger partial charge in [-0.1, -0.05) is 18.2 Å². The van der Waals surface area contributed by atoms with E-state index in [-0.39, 0.29) is 17.9 Å². The highest BCUT2D eigenvalue weighted by Gasteiger charge is 2.45. The number of rotatable bonds is 4. The lowest BCUT2D eigenvalue weighted by Gasteiger charge is -2.53. The summed E-state index contributed by atoms with van der Waals surface area (Å²) in [6.45, 7) is 3.97. The molecule has 3 atom stereocenters. The molecule has 1 aromatic rings. The van der Waals surface area contributed by atoms with Crippen LogP contribution in [0.15, 0.2) is 24.3 Å². The van der Waals surface area contributed by atoms with Gasteiger partial charge in [0.05, 0.1) is 7.11 Å². The molecule has 0 saturated carbocycles. The van der Waals surface area contributed by atoms with Gasteiger partial charge in [-0.2, -0.15) is 0 Å². The molecule has 5 rings (SSSR count). The van der Waals surface area contributed by atoms with Crippen LogP contribution in [-0.2, 0) is 16.1 Å². The highest BCUT2D eigenvalue weighted by atomic mass is 16.5. The second kappa shape index (κ2) is 9.84. The van der Waals surface area contributed by atoms with Crippen LogP contribution < -0.4 is 10.1 Å². The standard InChI is InChI=1S/C26H36N4O4/c1-34-23-7-3-2-5-20(23)14-27-25(32)19-9-11-28(12-10-19)26(33)29-15-18-13-21(17-29)22-6-4-8-24(31)30(22)16-18/h2-3,5,7,18-19,21-22H,4,6,8-17H2,1H3,(H,27,32)/t18-,21+,22+/m0/s1. The Hall–Kier alpha value is -2.77. The summed E-state index contributed by atoms with van der Waals surface area (Å²) in [5, 5.41) is 3.04. The molecule has 34 heavy (non-hydrogen) atoms. The molecular formula is C26H36N4O4. The zero-order valence-corrected chi connectivity index (χ0v) is 20.1. The normalized spacial score (nSPS) is 27.3. The molecule has 4 amide bonds. The molecule has 184 valence electrons. The van der Waals surface area contributed by atoms with Crippen molar-refractivity contribution in [2.45, 2.75) is 51.1 Å². The third-order valence-corrected chi connectivity index (χ3v) is 8.23. The number of nitrogens with zero attached hydrogens (tertiary/aromatic N) is 3. The number of hydrogen-bond acceptors (Lipinski definition) is 4. The fourth-order valence-electron chi connectivity index (χ4n) is 6.47. The van der Waals surface area contributed by atoms with Gasteiger partial charge in [0.1, 0.15) is 5.75 Å². The van der Waals surface area contributed by atoms with Crippen molar-refractivity contribution in [3.63, 3.8) is 0 Å². The molecular weight excluding hydrogens is 432 g/mol. The van der Waals surface area contributed by atoms with Gasteiger partial charge in [0.15, 0.2) is 0 Å². The number of fused-ring (bicyclic) bond motifs is 4. The number of para-hydroxylation sites is 1. The van der Waals surface area contributed by atoms with Crippen molar-refractivity contribution in [2.24, 2.45) is 17.8 Å². The van der Waals surface area contributed by atoms with E-state index >= 15 is 0 Å². The average molecular weight is 469 g/mol. The quantitative estimate of drug-likeness (QED) is 0.736. The Balaban J connectivity index is 1.11. The first-order valence-electron chi connectivity index (χ1n) is 12.8. The van der Waals surface area contributed by atoms with Gasteiger partial charge in [0.2, 0.25) is 11.8 Å². The maximum absolute atomic E-state index is 13.3. The molecule has 0 radical (unpaired) electrons. The van der Waals surface area contributed by atoms with Gasteiger partial charge in [-0.05, 0) is 50.0 Å². The van der Waals surface area contributed by atoms with Gasteiger partial charge in [-0.25, -0.2) is 4.79 Å². The maximum atomic E-state index is 13.3. The van der Waals surface area contributed by atoms with Crippen molar-refractivity contribution >= 4 is 17.8 Å². The number of likely N-dealkylation sites (tertiary alicyclic amines) is 2. The number of amides is 4. The van der Waals surface area contributed by atoms with E-state index < -0.39 is 0 Å². The number of methoxy groups -OCH3 is 1. The van der Waals surface area contributed by atoms with Crippen molar-refractivity contribution in [3.8, 4) is 5.75 Å². The average Bonchev–Trinajstić information content (AvgIpc) is 2.87. The summed E-state index contributed by atoms with van der Waals surface area (Å²) < 4.78 is 5.36. The van der Waals surface area contributed by atoms with Gasteiger partial charge < -0.3 is 24.8 Å². The number of urea groups is 1. The molecule has 0 aliphatic carbocycles. The summed E-state index contributed by atoms with van der Waals surface area (Å²) in [4.78, 5) is 44.5. The SMILES string of the molecule is COc1ccccc1CNC(=O)C1CCN(C(=O)N2C[C@@H]3C[C@H](C2)[C@H]2CCCC(=O)N2C3)CC1. The van der Waals surface area contributed by atoms with Crippen LogP contribution in [0.2, 0.25) is 0 Å². The fraction of sp³-hybridized carbons (Fsp3) is 0.654. The third kappa shape index (κ3) is 4.59. The Morgan fingerprint density at radius 1 is 1.06 bits per heavy atom. The summed E-state index contributed by atoms with van der Waals surface area (Å²) in [7, 11) is 1.63. The van der Waals surface area contributed by atoms with Crippen molar-refractivity contribution in [1.82, 2.24) is 20.0 Å². The molecule has 0 aromatic heterocycles. The summed E-state index contributed by atoms with van der Waals surface area (Å²) in [5.41, 5.74) is 0.958. The van der Waals surface area contributed by atoms with Crippen LogP contribution >= 0.6 is 0 Å². The Labute approximate surface area is 201 Å². The number of ether oxygens (including phenoxy) is 1. The molecule has 4 saturated heterocycles. The molecule has 1 N–H and O–H groups in total. The lowest BCUT2D eigenvalue weighted by atomic mass is 9.76. The highest BCUT2D eigenvalue weighted by Crippen LogP contribution is 2.38. The van der Waals surface area contributed by atoms with Crippen molar-refractivity contribution < 1.29 is 19.1 Å². The van der Waals surface area contributed by atoms with Crippen molar-refractivity contribution in [1.29, 1.82) is 0 Å². The summed E-state index contributed by atoms with van der Waals surface area (Å²) in [5.74, 6) is 1.85. The number of benzene rings is 1. The minimum atomic E-state index is -0.0682. The number of carbonyl (C=O) groups is 3. The van der Waals surface area contributed by atoms with E-state index in [4.69, 9.17) is 4.74 Å². The van der Waals surface area contributed by atoms with Gasteiger partial charge in [-0.15, -0.1) is 0 Å². The molecule has 4 aliphatic rings. The highest BCUT2D eigenvalue weighted by molar-refractivity contribution is 5.80. The molecule has 2 bridgehead atoms. The van der Waals surface area contributed by atoms with Gasteiger partial charge in [0, 0.05) is 63.2 Å². The van der Waals surface area contributed by atoms with E-state index in [0.717, 1.165) is 50.2 Å². The lowest BCUT2D eigenvalue weighted by Crippen LogP contribution is -2.62. The fourth-order valence-corrected chi connectivity index (χ4v) is 6.47. The molecule has 0 unspecified atom stereocenters. The van der Waals surface area contributed by atoms with Gasteiger partial charge in [0.25, 0.3) is 0 Å². The predicted molar refractivity (Wildman–Crippen MR) is 127 cm³/mol. The topological polar surface area (TPSA) is 82.2 Å². The maximum Gasteiger partial charge on any atom is 0.320 e. The number of carbonyl (C=O) groups excluding carboxylic acids is 3. The Morgan fingerprint density at radius 2 is 1.85 bits per heavy atom. The first-order chi connectivity index (χ1) is 16.5. The van der Waals surface area contributed by atoms with Crippen LogP contribution in [0.3, 0.4) is 0 Å². The monoisotopic (exact) mass is 468 g/mol. The molecule has 8 heteroatoms. The number of nitrogens with one attached hydrogen (secondary N) is 1. The summed E-state index contributed by atoms with van der Waals surface area (Å²) in [6.07, 6.45) is 5.24. The lowest BCUT2D eigenvalue weighted by molar-refractivity contribution is -0.144. The van der Waals surface area contributed by atoms with E-state index in [0.29, 0.717) is 62.7 Å². The number of piperidine rings is 4. The molecule has 8 nitrogen and oxygen atoms in total. The Kier molecular flexibility index (Phi) is 6.66. The molecule has 4 heterocycles. The third-order valence-electron chi connectivity index (χ3n) is 8.23. The zero-order chi connectivity index (χ0) is 23.7. The smallest absolute Gasteiger partial charge is 0.320 e. The van der Waals surface area contributed by atoms with Crippen molar-refractivity contribution in [2.75, 3.05) is 39.8 Å². The van der Waals surface area contributed by atoms with E-state index in [2.05, 4.69) is 10.2 Å². The van der Waals surface area contributed by atoms with Crippen LogP contribution in [0.4, 0.5) is 4.79 Å². The van der Waals surface area contributed by atoms with Gasteiger partial charge in [-0.3, -0.25) is 9.59 Å². The van der Waals surface area contributed by atoms with Crippen LogP contribution in [0.1, 0.15) is 44.1 Å². The second-order valence-corrected chi connectivity index (χ2v) is 10.3. The first kappa shape index (κ1) is 23.0. The molecule has 0 spiro atoms. The summed E-state index contributed by atoms with van der Waals surface area (Å²) >= 11 is 0. The van der Waals surface area contributed by atoms with Crippen LogP contribution in [0, 0.1) is 17.8 Å². The molecule has 4 aliphatic heterocycles. The van der Waals surface area contributed by atoms with E-state index in [9.17, 15) is 14.4 Å². The van der Waals surface area contributed by atoms with Crippen LogP contribution in [0.5, 0.6) is 5.75 Å². The zero-order valence-electron chi connectivity index (χ0n) is 20.1. The van der Waals surface area contributed by atoms with Crippen molar-refractivity contribution in [3.05, 3.63) is 29.8 Å². The first-order valence-corrected chi connectivity index (χ1v) is 12.8. The van der Waals surface area contributed by atoms with E-state index in [1.165, 1.54) is 0 Å². The molecule has 1 aromatic carbocycles. The Bertz CT molecular complexity index is 929. The minimum Gasteiger partial charge on any atom is -0.496 e. The predicted octanol–water partition coefficient (Wildman–Crippen LogP) is 2.48. The van der Waals surface area contributed by atoms with E-state index in [1.807, 2.05) is 34.1 Å². The second-order valence-electron chi connectivity index (χ2n) is 10.3. The van der Waals surface area contributed by atoms with Crippen LogP contribution in [-0.4, -0.2) is 78.4 Å². The molecule has 4 fully saturated rings. The summed E-state index contributed by atoms with van der Waals surface area (Å²) in [6, 6.07) is 8.12. The number of hydrogen-bond donors (Lipinski definition) is 1.